The average Bonchev–Trinajstić information content (AvgIpc) is 3.11. The van der Waals surface area contributed by atoms with E-state index in [2.05, 4.69) is 15.5 Å². The smallest absolute Gasteiger partial charge is 0.306 e. The fraction of sp³-hybridized carbons (Fsp3) is 0.500. The molecule has 1 N–H and O–H groups in total. The van der Waals surface area contributed by atoms with Crippen LogP contribution in [0.4, 0.5) is 5.69 Å². The zero-order valence-corrected chi connectivity index (χ0v) is 13.4. The third-order valence-electron chi connectivity index (χ3n) is 3.70. The highest BCUT2D eigenvalue weighted by molar-refractivity contribution is 5.78. The van der Waals surface area contributed by atoms with Gasteiger partial charge in [0, 0.05) is 24.3 Å². The number of nitrogens with one attached hydrogen (secondary N) is 1. The van der Waals surface area contributed by atoms with Crippen LogP contribution in [-0.2, 0) is 24.4 Å². The second-order valence-corrected chi connectivity index (χ2v) is 5.37. The second-order valence-electron chi connectivity index (χ2n) is 5.37. The van der Waals surface area contributed by atoms with Crippen LogP contribution in [0.3, 0.4) is 0 Å². The number of nitro groups is 1. The lowest BCUT2D eigenvalue weighted by atomic mass is 10.1. The largest absolute Gasteiger partial charge is 0.352 e. The van der Waals surface area contributed by atoms with E-state index in [1.165, 1.54) is 17.1 Å². The Balaban J connectivity index is 1.89. The fourth-order valence-electron chi connectivity index (χ4n) is 2.24. The Bertz CT molecular complexity index is 705. The van der Waals surface area contributed by atoms with Crippen molar-refractivity contribution < 1.29 is 9.72 Å². The van der Waals surface area contributed by atoms with Crippen LogP contribution in [-0.4, -0.2) is 30.4 Å². The maximum atomic E-state index is 12.1. The van der Waals surface area contributed by atoms with Crippen LogP contribution in [0, 0.1) is 23.0 Å². The van der Waals surface area contributed by atoms with Gasteiger partial charge in [0.1, 0.15) is 12.4 Å². The van der Waals surface area contributed by atoms with Gasteiger partial charge in [-0.05, 0) is 13.8 Å². The monoisotopic (exact) mass is 320 g/mol. The molecule has 2 rings (SSSR count). The van der Waals surface area contributed by atoms with Crippen LogP contribution in [0.25, 0.3) is 0 Å². The molecule has 2 aromatic heterocycles. The van der Waals surface area contributed by atoms with Crippen LogP contribution >= 0.6 is 0 Å². The zero-order chi connectivity index (χ0) is 17.0. The first-order valence-corrected chi connectivity index (χ1v) is 7.38. The summed E-state index contributed by atoms with van der Waals surface area (Å²) in [6.07, 6.45) is 4.24. The van der Waals surface area contributed by atoms with Crippen LogP contribution in [0.5, 0.6) is 0 Å². The predicted molar refractivity (Wildman–Crippen MR) is 82.5 cm³/mol. The minimum atomic E-state index is -0.512. The van der Waals surface area contributed by atoms with Gasteiger partial charge in [0.05, 0.1) is 23.6 Å². The van der Waals surface area contributed by atoms with E-state index in [0.29, 0.717) is 6.54 Å². The molecule has 0 spiro atoms. The zero-order valence-electron chi connectivity index (χ0n) is 13.4. The number of amides is 1. The molecule has 0 saturated carbocycles. The van der Waals surface area contributed by atoms with E-state index in [1.54, 1.807) is 13.1 Å². The number of nitrogens with zero attached hydrogens (tertiary/aromatic N) is 5. The predicted octanol–water partition coefficient (Wildman–Crippen LogP) is 1.27. The maximum absolute atomic E-state index is 12.1. The molecule has 0 radical (unpaired) electrons. The van der Waals surface area contributed by atoms with E-state index in [0.717, 1.165) is 17.8 Å². The summed E-state index contributed by atoms with van der Waals surface area (Å²) in [4.78, 5) is 22.2. The van der Waals surface area contributed by atoms with Crippen molar-refractivity contribution in [1.29, 1.82) is 0 Å². The van der Waals surface area contributed by atoms with Crippen molar-refractivity contribution in [3.63, 3.8) is 0 Å². The number of hydrogen-bond acceptors (Lipinski definition) is 5. The number of hydrogen-bond donors (Lipinski definition) is 1. The summed E-state index contributed by atoms with van der Waals surface area (Å²) >= 11 is 0. The van der Waals surface area contributed by atoms with Crippen molar-refractivity contribution in [2.24, 2.45) is 5.92 Å². The van der Waals surface area contributed by atoms with E-state index in [9.17, 15) is 14.9 Å². The normalized spacial score (nSPS) is 12.1. The molecule has 0 saturated heterocycles. The van der Waals surface area contributed by atoms with Gasteiger partial charge in [0.2, 0.25) is 5.91 Å². The molecule has 0 aliphatic carbocycles. The number of aryl methyl sites for hydroxylation is 1. The highest BCUT2D eigenvalue weighted by atomic mass is 16.6. The standard InChI is InChI=1S/C14H20N6O3/c1-4-19-11(3)12(6-17-19)5-15-14(21)10(2)8-18-9-13(7-16-18)20(22)23/h6-7,9-10H,4-5,8H2,1-3H3,(H,15,21). The lowest BCUT2D eigenvalue weighted by Gasteiger charge is -2.12. The quantitative estimate of drug-likeness (QED) is 0.610. The third kappa shape index (κ3) is 3.93. The van der Waals surface area contributed by atoms with Gasteiger partial charge in [-0.2, -0.15) is 10.2 Å². The van der Waals surface area contributed by atoms with Crippen LogP contribution in [0.2, 0.25) is 0 Å². The summed E-state index contributed by atoms with van der Waals surface area (Å²) in [5.41, 5.74) is 1.92. The first kappa shape index (κ1) is 16.7. The minimum Gasteiger partial charge on any atom is -0.352 e. The van der Waals surface area contributed by atoms with Gasteiger partial charge in [-0.1, -0.05) is 6.92 Å². The Morgan fingerprint density at radius 3 is 2.74 bits per heavy atom. The lowest BCUT2D eigenvalue weighted by molar-refractivity contribution is -0.385. The summed E-state index contributed by atoms with van der Waals surface area (Å²) in [7, 11) is 0. The summed E-state index contributed by atoms with van der Waals surface area (Å²) in [5.74, 6) is -0.483. The molecule has 0 bridgehead atoms. The highest BCUT2D eigenvalue weighted by Gasteiger charge is 2.17. The van der Waals surface area contributed by atoms with E-state index in [4.69, 9.17) is 0 Å². The molecule has 1 unspecified atom stereocenters. The molecule has 9 heteroatoms. The van der Waals surface area contributed by atoms with Gasteiger partial charge in [-0.25, -0.2) is 0 Å². The maximum Gasteiger partial charge on any atom is 0.306 e. The molecule has 23 heavy (non-hydrogen) atoms. The minimum absolute atomic E-state index is 0.0831. The molecule has 124 valence electrons. The van der Waals surface area contributed by atoms with Gasteiger partial charge >= 0.3 is 5.69 Å². The van der Waals surface area contributed by atoms with Crippen molar-refractivity contribution in [2.75, 3.05) is 0 Å². The number of carbonyl (C=O) groups is 1. The van der Waals surface area contributed by atoms with Crippen molar-refractivity contribution in [3.8, 4) is 0 Å². The molecule has 1 amide bonds. The summed E-state index contributed by atoms with van der Waals surface area (Å²) in [5, 5.41) is 21.6. The molecule has 0 aliphatic rings. The van der Waals surface area contributed by atoms with E-state index in [1.807, 2.05) is 18.5 Å². The number of rotatable bonds is 7. The van der Waals surface area contributed by atoms with Gasteiger partial charge in [0.25, 0.3) is 0 Å². The van der Waals surface area contributed by atoms with Crippen molar-refractivity contribution >= 4 is 11.6 Å². The Labute approximate surface area is 133 Å². The van der Waals surface area contributed by atoms with Gasteiger partial charge in [0.15, 0.2) is 0 Å². The van der Waals surface area contributed by atoms with Crippen molar-refractivity contribution in [1.82, 2.24) is 24.9 Å². The molecule has 2 aromatic rings. The molecular weight excluding hydrogens is 300 g/mol. The summed E-state index contributed by atoms with van der Waals surface area (Å²) in [6, 6.07) is 0. The summed E-state index contributed by atoms with van der Waals surface area (Å²) in [6.45, 7) is 7.21. The third-order valence-corrected chi connectivity index (χ3v) is 3.70. The molecule has 0 fully saturated rings. The van der Waals surface area contributed by atoms with Crippen molar-refractivity contribution in [3.05, 3.63) is 40.0 Å². The van der Waals surface area contributed by atoms with Gasteiger partial charge < -0.3 is 5.32 Å². The lowest BCUT2D eigenvalue weighted by Crippen LogP contribution is -2.31. The summed E-state index contributed by atoms with van der Waals surface area (Å²) < 4.78 is 3.27. The molecule has 0 aromatic carbocycles. The van der Waals surface area contributed by atoms with Crippen LogP contribution in [0.1, 0.15) is 25.1 Å². The molecule has 0 aliphatic heterocycles. The first-order valence-electron chi connectivity index (χ1n) is 7.38. The van der Waals surface area contributed by atoms with Gasteiger partial charge in [-0.15, -0.1) is 0 Å². The topological polar surface area (TPSA) is 108 Å². The molecule has 1 atom stereocenters. The van der Waals surface area contributed by atoms with E-state index >= 15 is 0 Å². The van der Waals surface area contributed by atoms with Gasteiger partial charge in [-0.3, -0.25) is 24.3 Å². The molecular formula is C14H20N6O3. The Kier molecular flexibility index (Phi) is 5.09. The average molecular weight is 320 g/mol. The first-order chi connectivity index (χ1) is 10.9. The van der Waals surface area contributed by atoms with Crippen molar-refractivity contribution in [2.45, 2.75) is 40.4 Å². The second kappa shape index (κ2) is 7.03. The Morgan fingerprint density at radius 2 is 2.17 bits per heavy atom. The van der Waals surface area contributed by atoms with Crippen LogP contribution < -0.4 is 5.32 Å². The molecule has 2 heterocycles. The Hall–Kier alpha value is -2.71. The van der Waals surface area contributed by atoms with Crippen LogP contribution in [0.15, 0.2) is 18.6 Å². The number of carbonyl (C=O) groups excluding carboxylic acids is 1. The SMILES string of the molecule is CCn1ncc(CNC(=O)C(C)Cn2cc([N+](=O)[O-])cn2)c1C. The van der Waals surface area contributed by atoms with E-state index < -0.39 is 4.92 Å². The fourth-order valence-corrected chi connectivity index (χ4v) is 2.24. The van der Waals surface area contributed by atoms with E-state index in [-0.39, 0.29) is 24.1 Å². The highest BCUT2D eigenvalue weighted by Crippen LogP contribution is 2.11. The number of aromatic nitrogens is 4. The Morgan fingerprint density at radius 1 is 1.43 bits per heavy atom. The molecule has 9 nitrogen and oxygen atoms in total.